The number of halogens is 1. The topological polar surface area (TPSA) is 69.2 Å². The molecule has 0 aliphatic heterocycles. The van der Waals surface area contributed by atoms with E-state index in [9.17, 15) is 10.1 Å². The van der Waals surface area contributed by atoms with Crippen LogP contribution in [0.15, 0.2) is 18.2 Å². The summed E-state index contributed by atoms with van der Waals surface area (Å²) in [6.45, 7) is 0. The molecular formula is C14H17ClN2O2. The van der Waals surface area contributed by atoms with Crippen LogP contribution in [0.4, 0.5) is 5.69 Å². The van der Waals surface area contributed by atoms with Crippen molar-refractivity contribution >= 4 is 17.3 Å². The summed E-state index contributed by atoms with van der Waals surface area (Å²) in [5, 5.41) is 11.5. The van der Waals surface area contributed by atoms with Gasteiger partial charge >= 0.3 is 0 Å². The van der Waals surface area contributed by atoms with Gasteiger partial charge in [-0.25, -0.2) is 0 Å². The Hall–Kier alpha value is -1.13. The largest absolute Gasteiger partial charge is 0.325 e. The molecule has 3 rings (SSSR count). The third-order valence-electron chi connectivity index (χ3n) is 4.79. The van der Waals surface area contributed by atoms with E-state index in [2.05, 4.69) is 0 Å². The van der Waals surface area contributed by atoms with Gasteiger partial charge in [-0.3, -0.25) is 10.1 Å². The molecule has 0 radical (unpaired) electrons. The van der Waals surface area contributed by atoms with Gasteiger partial charge in [-0.15, -0.1) is 0 Å². The van der Waals surface area contributed by atoms with E-state index in [1.165, 1.54) is 25.3 Å². The highest BCUT2D eigenvalue weighted by molar-refractivity contribution is 6.30. The molecule has 102 valence electrons. The highest BCUT2D eigenvalue weighted by atomic mass is 35.5. The van der Waals surface area contributed by atoms with Gasteiger partial charge in [0.2, 0.25) is 0 Å². The van der Waals surface area contributed by atoms with Crippen LogP contribution in [0, 0.1) is 22.0 Å². The minimum Gasteiger partial charge on any atom is -0.325 e. The molecule has 2 N–H and O–H groups in total. The quantitative estimate of drug-likeness (QED) is 0.682. The van der Waals surface area contributed by atoms with Gasteiger partial charge in [0.25, 0.3) is 5.69 Å². The zero-order valence-electron chi connectivity index (χ0n) is 10.6. The maximum Gasteiger partial charge on any atom is 0.274 e. The Morgan fingerprint density at radius 1 is 1.47 bits per heavy atom. The van der Waals surface area contributed by atoms with Crippen LogP contribution in [0.25, 0.3) is 0 Å². The first-order chi connectivity index (χ1) is 8.98. The van der Waals surface area contributed by atoms with E-state index in [4.69, 9.17) is 17.3 Å². The van der Waals surface area contributed by atoms with Gasteiger partial charge in [-0.2, -0.15) is 0 Å². The van der Waals surface area contributed by atoms with Crippen molar-refractivity contribution in [2.24, 2.45) is 17.6 Å². The fraction of sp³-hybridized carbons (Fsp3) is 0.571. The lowest BCUT2D eigenvalue weighted by Crippen LogP contribution is -2.47. The van der Waals surface area contributed by atoms with Crippen molar-refractivity contribution in [2.45, 2.75) is 37.6 Å². The molecule has 0 saturated heterocycles. The second-order valence-corrected chi connectivity index (χ2v) is 6.46. The lowest BCUT2D eigenvalue weighted by atomic mass is 9.77. The number of hydrogen-bond acceptors (Lipinski definition) is 3. The Bertz CT molecular complexity index is 534. The van der Waals surface area contributed by atoms with Crippen LogP contribution in [0.3, 0.4) is 0 Å². The first kappa shape index (κ1) is 12.9. The van der Waals surface area contributed by atoms with Crippen LogP contribution in [0.5, 0.6) is 0 Å². The van der Waals surface area contributed by atoms with Gasteiger partial charge in [-0.1, -0.05) is 24.1 Å². The normalized spacial score (nSPS) is 32.7. The van der Waals surface area contributed by atoms with E-state index >= 15 is 0 Å². The summed E-state index contributed by atoms with van der Waals surface area (Å²) in [6, 6.07) is 4.88. The predicted octanol–water partition coefficient (Wildman–Crippen LogP) is 3.31. The number of nitrogens with two attached hydrogens (primary N) is 1. The SMILES string of the molecule is NC1(Cc2ccc(Cl)cc2[N+](=O)[O-])CC2CCC1C2. The lowest BCUT2D eigenvalue weighted by Gasteiger charge is -2.33. The van der Waals surface area contributed by atoms with Gasteiger partial charge in [-0.05, 0) is 43.6 Å². The summed E-state index contributed by atoms with van der Waals surface area (Å²) in [5.74, 6) is 1.24. The molecule has 2 bridgehead atoms. The van der Waals surface area contributed by atoms with E-state index in [1.54, 1.807) is 12.1 Å². The highest BCUT2D eigenvalue weighted by Gasteiger charge is 2.48. The van der Waals surface area contributed by atoms with Crippen molar-refractivity contribution in [3.63, 3.8) is 0 Å². The van der Waals surface area contributed by atoms with Crippen molar-refractivity contribution in [2.75, 3.05) is 0 Å². The van der Waals surface area contributed by atoms with Crippen molar-refractivity contribution in [1.82, 2.24) is 0 Å². The summed E-state index contributed by atoms with van der Waals surface area (Å²) in [7, 11) is 0. The van der Waals surface area contributed by atoms with Crippen molar-refractivity contribution in [1.29, 1.82) is 0 Å². The zero-order valence-corrected chi connectivity index (χ0v) is 11.4. The van der Waals surface area contributed by atoms with E-state index < -0.39 is 0 Å². The molecule has 1 aromatic carbocycles. The number of rotatable bonds is 3. The van der Waals surface area contributed by atoms with Crippen LogP contribution in [-0.2, 0) is 6.42 Å². The number of nitro groups is 1. The minimum atomic E-state index is -0.363. The molecule has 0 amide bonds. The second-order valence-electron chi connectivity index (χ2n) is 6.02. The number of hydrogen-bond donors (Lipinski definition) is 1. The second kappa shape index (κ2) is 4.46. The molecular weight excluding hydrogens is 264 g/mol. The van der Waals surface area contributed by atoms with Crippen molar-refractivity contribution < 1.29 is 4.92 Å². The minimum absolute atomic E-state index is 0.0973. The Kier molecular flexibility index (Phi) is 3.02. The van der Waals surface area contributed by atoms with E-state index in [0.29, 0.717) is 22.9 Å². The Morgan fingerprint density at radius 2 is 2.26 bits per heavy atom. The fourth-order valence-corrected chi connectivity index (χ4v) is 4.08. The molecule has 2 fully saturated rings. The van der Waals surface area contributed by atoms with Gasteiger partial charge < -0.3 is 5.73 Å². The summed E-state index contributed by atoms with van der Waals surface area (Å²) >= 11 is 5.84. The van der Waals surface area contributed by atoms with E-state index in [0.717, 1.165) is 12.3 Å². The molecule has 3 atom stereocenters. The standard InChI is InChI=1S/C14H17ClN2O2/c15-12-4-2-10(13(6-12)17(18)19)8-14(16)7-9-1-3-11(14)5-9/h2,4,6,9,11H,1,3,5,7-8,16H2. The third-order valence-corrected chi connectivity index (χ3v) is 5.02. The monoisotopic (exact) mass is 280 g/mol. The summed E-state index contributed by atoms with van der Waals surface area (Å²) < 4.78 is 0. The van der Waals surface area contributed by atoms with Crippen LogP contribution >= 0.6 is 11.6 Å². The summed E-state index contributed by atoms with van der Waals surface area (Å²) in [6.07, 6.45) is 5.21. The molecule has 0 aromatic heterocycles. The zero-order chi connectivity index (χ0) is 13.6. The number of nitro benzene ring substituents is 1. The highest BCUT2D eigenvalue weighted by Crippen LogP contribution is 2.51. The smallest absolute Gasteiger partial charge is 0.274 e. The van der Waals surface area contributed by atoms with Gasteiger partial charge in [0.15, 0.2) is 0 Å². The molecule has 0 spiro atoms. The number of fused-ring (bicyclic) bond motifs is 2. The first-order valence-electron chi connectivity index (χ1n) is 6.70. The average Bonchev–Trinajstić information content (AvgIpc) is 2.91. The fourth-order valence-electron chi connectivity index (χ4n) is 3.91. The van der Waals surface area contributed by atoms with Crippen LogP contribution in [-0.4, -0.2) is 10.5 Å². The van der Waals surface area contributed by atoms with E-state index in [-0.39, 0.29) is 16.1 Å². The van der Waals surface area contributed by atoms with Crippen LogP contribution < -0.4 is 5.73 Å². The Morgan fingerprint density at radius 3 is 2.84 bits per heavy atom. The van der Waals surface area contributed by atoms with Crippen molar-refractivity contribution in [3.05, 3.63) is 38.9 Å². The molecule has 1 aromatic rings. The van der Waals surface area contributed by atoms with Gasteiger partial charge in [0.05, 0.1) is 4.92 Å². The predicted molar refractivity (Wildman–Crippen MR) is 74.2 cm³/mol. The van der Waals surface area contributed by atoms with Gasteiger partial charge in [0, 0.05) is 22.2 Å². The molecule has 2 aliphatic carbocycles. The number of benzene rings is 1. The van der Waals surface area contributed by atoms with E-state index in [1.807, 2.05) is 0 Å². The van der Waals surface area contributed by atoms with Crippen LogP contribution in [0.1, 0.15) is 31.2 Å². The average molecular weight is 281 g/mol. The Balaban J connectivity index is 1.89. The molecule has 19 heavy (non-hydrogen) atoms. The molecule has 0 heterocycles. The summed E-state index contributed by atoms with van der Waals surface area (Å²) in [4.78, 5) is 10.8. The lowest BCUT2D eigenvalue weighted by molar-refractivity contribution is -0.385. The maximum atomic E-state index is 11.1. The third kappa shape index (κ3) is 2.23. The summed E-state index contributed by atoms with van der Waals surface area (Å²) in [5.41, 5.74) is 7.08. The van der Waals surface area contributed by atoms with Crippen molar-refractivity contribution in [3.8, 4) is 0 Å². The first-order valence-corrected chi connectivity index (χ1v) is 7.07. The molecule has 3 unspecified atom stereocenters. The molecule has 5 heteroatoms. The Labute approximate surface area is 117 Å². The van der Waals surface area contributed by atoms with Gasteiger partial charge in [0.1, 0.15) is 0 Å². The number of nitrogens with zero attached hydrogens (tertiary/aromatic N) is 1. The maximum absolute atomic E-state index is 11.1. The molecule has 4 nitrogen and oxygen atoms in total. The van der Waals surface area contributed by atoms with Crippen LogP contribution in [0.2, 0.25) is 5.02 Å². The molecule has 2 saturated carbocycles. The molecule has 2 aliphatic rings.